The minimum absolute atomic E-state index is 0. The van der Waals surface area contributed by atoms with Crippen molar-refractivity contribution in [2.75, 3.05) is 19.7 Å². The third kappa shape index (κ3) is 4.40. The van der Waals surface area contributed by atoms with E-state index < -0.39 is 5.60 Å². The van der Waals surface area contributed by atoms with Crippen molar-refractivity contribution in [3.63, 3.8) is 0 Å². The highest BCUT2D eigenvalue weighted by Gasteiger charge is 2.33. The number of likely N-dealkylation sites (tertiary alicyclic amines) is 1. The molecular weight excluding hydrogens is 346 g/mol. The molecule has 0 atom stereocenters. The fourth-order valence-corrected chi connectivity index (χ4v) is 4.05. The maximum atomic E-state index is 10.9. The predicted octanol–water partition coefficient (Wildman–Crippen LogP) is 4.00. The van der Waals surface area contributed by atoms with Gasteiger partial charge in [-0.2, -0.15) is 0 Å². The minimum atomic E-state index is -0.700. The lowest BCUT2D eigenvalue weighted by Crippen LogP contribution is -2.47. The van der Waals surface area contributed by atoms with Crippen LogP contribution in [0, 0.1) is 0 Å². The second-order valence-corrected chi connectivity index (χ2v) is 7.52. The fraction of sp³-hybridized carbons (Fsp3) is 0.455. The summed E-state index contributed by atoms with van der Waals surface area (Å²) in [7, 11) is 0. The molecule has 0 spiro atoms. The Hall–Kier alpha value is -1.55. The van der Waals surface area contributed by atoms with Crippen molar-refractivity contribution in [2.24, 2.45) is 0 Å². The summed E-state index contributed by atoms with van der Waals surface area (Å²) in [6.07, 6.45) is 5.03. The monoisotopic (exact) mass is 373 g/mol. The largest absolute Gasteiger partial charge is 0.490 e. The molecule has 1 fully saturated rings. The first-order chi connectivity index (χ1) is 12.2. The van der Waals surface area contributed by atoms with Gasteiger partial charge in [0, 0.05) is 19.6 Å². The van der Waals surface area contributed by atoms with Gasteiger partial charge in [0.15, 0.2) is 0 Å². The van der Waals surface area contributed by atoms with Crippen LogP contribution in [0.5, 0.6) is 5.75 Å². The Kier molecular flexibility index (Phi) is 6.23. The summed E-state index contributed by atoms with van der Waals surface area (Å²) in [6.45, 7) is 3.20. The van der Waals surface area contributed by atoms with E-state index >= 15 is 0 Å². The number of halogens is 1. The summed E-state index contributed by atoms with van der Waals surface area (Å²) in [5.41, 5.74) is 3.41. The van der Waals surface area contributed by atoms with Gasteiger partial charge in [-0.3, -0.25) is 4.90 Å². The van der Waals surface area contributed by atoms with E-state index in [9.17, 15) is 5.11 Å². The smallest absolute Gasteiger partial charge is 0.122 e. The zero-order valence-electron chi connectivity index (χ0n) is 15.2. The molecule has 1 aliphatic carbocycles. The van der Waals surface area contributed by atoms with Gasteiger partial charge in [0.1, 0.15) is 18.0 Å². The van der Waals surface area contributed by atoms with Crippen LogP contribution < -0.4 is 4.74 Å². The number of rotatable bonds is 5. The highest BCUT2D eigenvalue weighted by Crippen LogP contribution is 2.32. The molecule has 0 unspecified atom stereocenters. The number of hydrogen-bond acceptors (Lipinski definition) is 3. The average Bonchev–Trinajstić information content (AvgIpc) is 3.12. The Morgan fingerprint density at radius 3 is 2.50 bits per heavy atom. The lowest BCUT2D eigenvalue weighted by molar-refractivity contribution is -0.0538. The highest BCUT2D eigenvalue weighted by atomic mass is 35.5. The van der Waals surface area contributed by atoms with Crippen LogP contribution in [0.2, 0.25) is 0 Å². The summed E-state index contributed by atoms with van der Waals surface area (Å²) >= 11 is 0. The molecule has 2 aliphatic rings. The molecule has 0 amide bonds. The van der Waals surface area contributed by atoms with Crippen molar-refractivity contribution in [2.45, 2.75) is 44.2 Å². The fourth-order valence-electron chi connectivity index (χ4n) is 4.05. The second kappa shape index (κ2) is 8.43. The Morgan fingerprint density at radius 2 is 1.73 bits per heavy atom. The SMILES string of the molecule is Cl.OC1(COc2cccc3c2CCC3)CCN(Cc2ccccc2)CC1. The molecule has 0 radical (unpaired) electrons. The summed E-state index contributed by atoms with van der Waals surface area (Å²) < 4.78 is 6.08. The summed E-state index contributed by atoms with van der Waals surface area (Å²) in [5.74, 6) is 0.982. The Bertz CT molecular complexity index is 711. The topological polar surface area (TPSA) is 32.7 Å². The molecular formula is C22H28ClNO2. The van der Waals surface area contributed by atoms with Crippen LogP contribution >= 0.6 is 12.4 Å². The van der Waals surface area contributed by atoms with Crippen molar-refractivity contribution >= 4 is 12.4 Å². The molecule has 2 aromatic carbocycles. The molecule has 4 rings (SSSR count). The molecule has 1 aliphatic heterocycles. The molecule has 3 nitrogen and oxygen atoms in total. The van der Waals surface area contributed by atoms with E-state index in [1.807, 2.05) is 0 Å². The number of ether oxygens (including phenoxy) is 1. The number of hydrogen-bond donors (Lipinski definition) is 1. The van der Waals surface area contributed by atoms with E-state index in [4.69, 9.17) is 4.74 Å². The summed E-state index contributed by atoms with van der Waals surface area (Å²) in [5, 5.41) is 10.9. The van der Waals surface area contributed by atoms with E-state index in [2.05, 4.69) is 53.4 Å². The lowest BCUT2D eigenvalue weighted by atomic mass is 9.92. The summed E-state index contributed by atoms with van der Waals surface area (Å²) in [6, 6.07) is 16.9. The van der Waals surface area contributed by atoms with Crippen LogP contribution in [0.15, 0.2) is 48.5 Å². The molecule has 2 aromatic rings. The van der Waals surface area contributed by atoms with Gasteiger partial charge in [-0.25, -0.2) is 0 Å². The standard InChI is InChI=1S/C22H27NO2.ClH/c24-22(17-25-21-11-5-9-19-8-4-10-20(19)21)12-14-23(15-13-22)16-18-6-2-1-3-7-18;/h1-3,5-7,9,11,24H,4,8,10,12-17H2;1H. The van der Waals surface area contributed by atoms with E-state index in [1.54, 1.807) is 0 Å². The Labute approximate surface area is 162 Å². The van der Waals surface area contributed by atoms with Crippen molar-refractivity contribution in [1.82, 2.24) is 4.90 Å². The normalized spacial score (nSPS) is 18.8. The first-order valence-corrected chi connectivity index (χ1v) is 9.44. The number of aliphatic hydroxyl groups is 1. The van der Waals surface area contributed by atoms with E-state index in [-0.39, 0.29) is 12.4 Å². The first kappa shape index (κ1) is 19.2. The predicted molar refractivity (Wildman–Crippen MR) is 107 cm³/mol. The number of piperidine rings is 1. The van der Waals surface area contributed by atoms with Crippen LogP contribution in [-0.4, -0.2) is 35.3 Å². The maximum Gasteiger partial charge on any atom is 0.122 e. The van der Waals surface area contributed by atoms with Gasteiger partial charge in [0.25, 0.3) is 0 Å². The van der Waals surface area contributed by atoms with E-state index in [0.717, 1.165) is 51.1 Å². The van der Waals surface area contributed by atoms with Crippen molar-refractivity contribution < 1.29 is 9.84 Å². The molecule has 1 saturated heterocycles. The van der Waals surface area contributed by atoms with Gasteiger partial charge in [-0.05, 0) is 54.9 Å². The van der Waals surface area contributed by atoms with Gasteiger partial charge in [0.2, 0.25) is 0 Å². The van der Waals surface area contributed by atoms with Crippen molar-refractivity contribution in [3.8, 4) is 5.75 Å². The van der Waals surface area contributed by atoms with Crippen LogP contribution in [0.1, 0.15) is 36.0 Å². The molecule has 26 heavy (non-hydrogen) atoms. The van der Waals surface area contributed by atoms with Gasteiger partial charge >= 0.3 is 0 Å². The molecule has 1 heterocycles. The number of aryl methyl sites for hydroxylation is 1. The minimum Gasteiger partial charge on any atom is -0.490 e. The zero-order valence-corrected chi connectivity index (χ0v) is 16.0. The highest BCUT2D eigenvalue weighted by molar-refractivity contribution is 5.85. The summed E-state index contributed by atoms with van der Waals surface area (Å²) in [4.78, 5) is 2.42. The second-order valence-electron chi connectivity index (χ2n) is 7.52. The van der Waals surface area contributed by atoms with Crippen LogP contribution in [0.25, 0.3) is 0 Å². The molecule has 1 N–H and O–H groups in total. The third-order valence-electron chi connectivity index (χ3n) is 5.64. The molecule has 0 saturated carbocycles. The quantitative estimate of drug-likeness (QED) is 0.859. The van der Waals surface area contributed by atoms with Gasteiger partial charge < -0.3 is 9.84 Å². The zero-order chi connectivity index (χ0) is 17.1. The number of nitrogens with zero attached hydrogens (tertiary/aromatic N) is 1. The van der Waals surface area contributed by atoms with Gasteiger partial charge in [-0.15, -0.1) is 12.4 Å². The molecule has 140 valence electrons. The molecule has 0 aromatic heterocycles. The van der Waals surface area contributed by atoms with Crippen LogP contribution in [-0.2, 0) is 19.4 Å². The lowest BCUT2D eigenvalue weighted by Gasteiger charge is -2.38. The number of benzene rings is 2. The van der Waals surface area contributed by atoms with Gasteiger partial charge in [0.05, 0.1) is 0 Å². The first-order valence-electron chi connectivity index (χ1n) is 9.44. The van der Waals surface area contributed by atoms with Crippen molar-refractivity contribution in [3.05, 3.63) is 65.2 Å². The maximum absolute atomic E-state index is 10.9. The van der Waals surface area contributed by atoms with E-state index in [1.165, 1.54) is 23.1 Å². The van der Waals surface area contributed by atoms with Crippen LogP contribution in [0.4, 0.5) is 0 Å². The number of fused-ring (bicyclic) bond motifs is 1. The van der Waals surface area contributed by atoms with Crippen LogP contribution in [0.3, 0.4) is 0 Å². The Balaban J connectivity index is 0.00000196. The van der Waals surface area contributed by atoms with Gasteiger partial charge in [-0.1, -0.05) is 42.5 Å². The Morgan fingerprint density at radius 1 is 0.962 bits per heavy atom. The molecule has 0 bridgehead atoms. The van der Waals surface area contributed by atoms with E-state index in [0.29, 0.717) is 6.61 Å². The molecule has 4 heteroatoms. The third-order valence-corrected chi connectivity index (χ3v) is 5.64. The van der Waals surface area contributed by atoms with Crippen molar-refractivity contribution in [1.29, 1.82) is 0 Å². The average molecular weight is 374 g/mol.